The normalized spacial score (nSPS) is 15.5. The molecule has 0 spiro atoms. The van der Waals surface area contributed by atoms with Crippen LogP contribution in [-0.2, 0) is 11.3 Å². The first-order chi connectivity index (χ1) is 17.0. The predicted octanol–water partition coefficient (Wildman–Crippen LogP) is 3.76. The van der Waals surface area contributed by atoms with Crippen molar-refractivity contribution in [1.29, 1.82) is 0 Å². The van der Waals surface area contributed by atoms with E-state index in [-0.39, 0.29) is 17.9 Å². The summed E-state index contributed by atoms with van der Waals surface area (Å²) in [4.78, 5) is 33.5. The van der Waals surface area contributed by atoms with Crippen LogP contribution in [0, 0.1) is 0 Å². The number of aromatic nitrogens is 1. The van der Waals surface area contributed by atoms with Gasteiger partial charge in [-0.05, 0) is 53.6 Å². The summed E-state index contributed by atoms with van der Waals surface area (Å²) in [6.45, 7) is 3.50. The third kappa shape index (κ3) is 5.54. The van der Waals surface area contributed by atoms with E-state index in [1.54, 1.807) is 45.7 Å². The number of methoxy groups -OCH3 is 2. The fourth-order valence-electron chi connectivity index (χ4n) is 4.32. The SMILES string of the molecule is COc1ccc(C2CN(C(=O)c3ccc(OC)c(NCc4ccncc4)c3)CCN2C(C)=O)cc1. The molecule has 8 heteroatoms. The van der Waals surface area contributed by atoms with Crippen molar-refractivity contribution >= 4 is 17.5 Å². The molecular formula is C27H30N4O4. The molecule has 35 heavy (non-hydrogen) atoms. The standard InChI is InChI=1S/C27H30N4O4/c1-19(32)31-15-14-30(18-25(31)21-4-7-23(34-2)8-5-21)27(33)22-6-9-26(35-3)24(16-22)29-17-20-10-12-28-13-11-20/h4-13,16,25,29H,14-15,17-18H2,1-3H3. The second kappa shape index (κ2) is 10.9. The van der Waals surface area contributed by atoms with Crippen molar-refractivity contribution in [1.82, 2.24) is 14.8 Å². The molecule has 1 atom stereocenters. The summed E-state index contributed by atoms with van der Waals surface area (Å²) >= 11 is 0. The predicted molar refractivity (Wildman–Crippen MR) is 134 cm³/mol. The number of ether oxygens (including phenoxy) is 2. The van der Waals surface area contributed by atoms with Crippen LogP contribution in [0.1, 0.15) is 34.5 Å². The summed E-state index contributed by atoms with van der Waals surface area (Å²) in [6.07, 6.45) is 3.49. The number of pyridine rings is 1. The Hall–Kier alpha value is -4.07. The van der Waals surface area contributed by atoms with Gasteiger partial charge >= 0.3 is 0 Å². The molecule has 1 aromatic heterocycles. The van der Waals surface area contributed by atoms with Crippen LogP contribution < -0.4 is 14.8 Å². The van der Waals surface area contributed by atoms with E-state index in [1.807, 2.05) is 52.3 Å². The van der Waals surface area contributed by atoms with Gasteiger partial charge in [0.1, 0.15) is 11.5 Å². The van der Waals surface area contributed by atoms with E-state index in [9.17, 15) is 9.59 Å². The quantitative estimate of drug-likeness (QED) is 0.562. The molecule has 0 bridgehead atoms. The highest BCUT2D eigenvalue weighted by molar-refractivity contribution is 5.96. The van der Waals surface area contributed by atoms with Crippen molar-refractivity contribution in [3.8, 4) is 11.5 Å². The Kier molecular flexibility index (Phi) is 7.50. The lowest BCUT2D eigenvalue weighted by atomic mass is 10.0. The molecule has 1 aliphatic rings. The lowest BCUT2D eigenvalue weighted by molar-refractivity contribution is -0.133. The van der Waals surface area contributed by atoms with Crippen molar-refractivity contribution in [3.63, 3.8) is 0 Å². The molecule has 3 aromatic rings. The summed E-state index contributed by atoms with van der Waals surface area (Å²) in [5.74, 6) is 1.32. The zero-order chi connectivity index (χ0) is 24.8. The second-order valence-corrected chi connectivity index (χ2v) is 8.38. The summed E-state index contributed by atoms with van der Waals surface area (Å²) in [6, 6.07) is 16.7. The van der Waals surface area contributed by atoms with E-state index in [2.05, 4.69) is 10.3 Å². The van der Waals surface area contributed by atoms with Gasteiger partial charge in [-0.1, -0.05) is 12.1 Å². The maximum absolute atomic E-state index is 13.5. The van der Waals surface area contributed by atoms with E-state index < -0.39 is 0 Å². The number of carbonyl (C=O) groups is 2. The fourth-order valence-corrected chi connectivity index (χ4v) is 4.32. The third-order valence-electron chi connectivity index (χ3n) is 6.25. The van der Waals surface area contributed by atoms with Crippen LogP contribution in [-0.4, -0.2) is 60.5 Å². The third-order valence-corrected chi connectivity index (χ3v) is 6.25. The number of hydrogen-bond acceptors (Lipinski definition) is 6. The van der Waals surface area contributed by atoms with Gasteiger partial charge in [-0.2, -0.15) is 0 Å². The molecule has 2 aromatic carbocycles. The molecule has 8 nitrogen and oxygen atoms in total. The Morgan fingerprint density at radius 2 is 1.74 bits per heavy atom. The van der Waals surface area contributed by atoms with Gasteiger partial charge in [0.15, 0.2) is 0 Å². The molecule has 1 unspecified atom stereocenters. The zero-order valence-corrected chi connectivity index (χ0v) is 20.2. The van der Waals surface area contributed by atoms with Gasteiger partial charge in [0.2, 0.25) is 5.91 Å². The van der Waals surface area contributed by atoms with Crippen LogP contribution in [0.4, 0.5) is 5.69 Å². The number of anilines is 1. The molecule has 4 rings (SSSR count). The van der Waals surface area contributed by atoms with Crippen LogP contribution in [0.3, 0.4) is 0 Å². The molecule has 0 saturated carbocycles. The Morgan fingerprint density at radius 3 is 2.40 bits per heavy atom. The largest absolute Gasteiger partial charge is 0.497 e. The van der Waals surface area contributed by atoms with Crippen molar-refractivity contribution in [2.24, 2.45) is 0 Å². The number of nitrogens with zero attached hydrogens (tertiary/aromatic N) is 3. The Morgan fingerprint density at radius 1 is 1.00 bits per heavy atom. The topological polar surface area (TPSA) is 84.0 Å². The lowest BCUT2D eigenvalue weighted by Crippen LogP contribution is -2.51. The van der Waals surface area contributed by atoms with E-state index in [0.29, 0.717) is 37.5 Å². The van der Waals surface area contributed by atoms with Crippen LogP contribution in [0.25, 0.3) is 0 Å². The van der Waals surface area contributed by atoms with Crippen LogP contribution >= 0.6 is 0 Å². The minimum absolute atomic E-state index is 0.00929. The lowest BCUT2D eigenvalue weighted by Gasteiger charge is -2.41. The molecular weight excluding hydrogens is 444 g/mol. The first-order valence-corrected chi connectivity index (χ1v) is 11.5. The van der Waals surface area contributed by atoms with Crippen molar-refractivity contribution in [3.05, 3.63) is 83.7 Å². The summed E-state index contributed by atoms with van der Waals surface area (Å²) in [5.41, 5.74) is 3.34. The fraction of sp³-hybridized carbons (Fsp3) is 0.296. The molecule has 2 amide bonds. The van der Waals surface area contributed by atoms with E-state index >= 15 is 0 Å². The van der Waals surface area contributed by atoms with E-state index in [1.165, 1.54) is 0 Å². The van der Waals surface area contributed by atoms with Gasteiger partial charge in [-0.25, -0.2) is 0 Å². The first-order valence-electron chi connectivity index (χ1n) is 11.5. The van der Waals surface area contributed by atoms with E-state index in [4.69, 9.17) is 9.47 Å². The molecule has 1 N–H and O–H groups in total. The van der Waals surface area contributed by atoms with Crippen molar-refractivity contribution in [2.45, 2.75) is 19.5 Å². The molecule has 0 radical (unpaired) electrons. The molecule has 182 valence electrons. The van der Waals surface area contributed by atoms with Crippen LogP contribution in [0.15, 0.2) is 67.0 Å². The highest BCUT2D eigenvalue weighted by Gasteiger charge is 2.32. The van der Waals surface area contributed by atoms with Crippen molar-refractivity contribution in [2.75, 3.05) is 39.2 Å². The number of benzene rings is 2. The van der Waals surface area contributed by atoms with Crippen molar-refractivity contribution < 1.29 is 19.1 Å². The number of nitrogens with one attached hydrogen (secondary N) is 1. The van der Waals surface area contributed by atoms with Gasteiger partial charge in [-0.3, -0.25) is 14.6 Å². The minimum atomic E-state index is -0.223. The molecule has 2 heterocycles. The second-order valence-electron chi connectivity index (χ2n) is 8.38. The maximum atomic E-state index is 13.5. The number of hydrogen-bond donors (Lipinski definition) is 1. The van der Waals surface area contributed by atoms with Crippen LogP contribution in [0.5, 0.6) is 11.5 Å². The average Bonchev–Trinajstić information content (AvgIpc) is 2.91. The number of rotatable bonds is 7. The molecule has 0 aliphatic carbocycles. The average molecular weight is 475 g/mol. The number of amides is 2. The van der Waals surface area contributed by atoms with E-state index in [0.717, 1.165) is 22.6 Å². The zero-order valence-electron chi connectivity index (χ0n) is 20.2. The number of carbonyl (C=O) groups excluding carboxylic acids is 2. The smallest absolute Gasteiger partial charge is 0.254 e. The minimum Gasteiger partial charge on any atom is -0.497 e. The Labute approximate surface area is 205 Å². The van der Waals surface area contributed by atoms with Gasteiger partial charge in [0.05, 0.1) is 25.9 Å². The molecule has 1 saturated heterocycles. The maximum Gasteiger partial charge on any atom is 0.254 e. The summed E-state index contributed by atoms with van der Waals surface area (Å²) in [5, 5.41) is 3.36. The number of piperazine rings is 1. The Bertz CT molecular complexity index is 1170. The first kappa shape index (κ1) is 24.1. The molecule has 1 fully saturated rings. The summed E-state index contributed by atoms with van der Waals surface area (Å²) in [7, 11) is 3.22. The van der Waals surface area contributed by atoms with Crippen LogP contribution in [0.2, 0.25) is 0 Å². The highest BCUT2D eigenvalue weighted by atomic mass is 16.5. The summed E-state index contributed by atoms with van der Waals surface area (Å²) < 4.78 is 10.8. The van der Waals surface area contributed by atoms with Gasteiger partial charge in [0, 0.05) is 51.1 Å². The highest BCUT2D eigenvalue weighted by Crippen LogP contribution is 2.30. The monoisotopic (exact) mass is 474 g/mol. The van der Waals surface area contributed by atoms with Gasteiger partial charge in [-0.15, -0.1) is 0 Å². The molecule has 1 aliphatic heterocycles. The Balaban J connectivity index is 1.54. The van der Waals surface area contributed by atoms with Gasteiger partial charge in [0.25, 0.3) is 5.91 Å². The van der Waals surface area contributed by atoms with Gasteiger partial charge < -0.3 is 24.6 Å².